The van der Waals surface area contributed by atoms with E-state index in [1.807, 2.05) is 0 Å². The van der Waals surface area contributed by atoms with Crippen molar-refractivity contribution in [2.75, 3.05) is 7.11 Å². The van der Waals surface area contributed by atoms with Gasteiger partial charge < -0.3 is 14.2 Å². The molecule has 12 heteroatoms. The van der Waals surface area contributed by atoms with Gasteiger partial charge >= 0.3 is 17.9 Å². The van der Waals surface area contributed by atoms with Crippen molar-refractivity contribution in [3.63, 3.8) is 0 Å². The summed E-state index contributed by atoms with van der Waals surface area (Å²) in [6.07, 6.45) is 8.01. The SMILES string of the molecule is COC(=O)CC[C@@H](C)[C@H]1CC[C@H]2[C@@H]3CC[C@@H]4C[C@H](OC(=O)Cc5ccc([N+](=O)[O-])cc5)CC[C@]4(C)[C@H]3C[C@H](OC(=O)Cc3ccc([N+](=O)[O-])cc3)[C@]12C. The molecule has 4 aliphatic rings. The van der Waals surface area contributed by atoms with Gasteiger partial charge in [0.1, 0.15) is 12.2 Å². The fourth-order valence-electron chi connectivity index (χ4n) is 11.3. The molecule has 10 atom stereocenters. The first-order valence-electron chi connectivity index (χ1n) is 19.1. The molecule has 0 spiro atoms. The van der Waals surface area contributed by atoms with Crippen LogP contribution in [0.25, 0.3) is 0 Å². The van der Waals surface area contributed by atoms with Gasteiger partial charge in [0, 0.05) is 36.1 Å². The minimum absolute atomic E-state index is 0.0108. The highest BCUT2D eigenvalue weighted by molar-refractivity contribution is 5.73. The molecule has 0 amide bonds. The van der Waals surface area contributed by atoms with Crippen LogP contribution in [0.3, 0.4) is 0 Å². The zero-order chi connectivity index (χ0) is 38.1. The maximum absolute atomic E-state index is 13.7. The Morgan fingerprint density at radius 1 is 0.774 bits per heavy atom. The average molecular weight is 733 g/mol. The summed E-state index contributed by atoms with van der Waals surface area (Å²) in [5.74, 6) is 1.15. The molecule has 12 nitrogen and oxygen atoms in total. The molecular formula is C41H52N2O10. The topological polar surface area (TPSA) is 165 Å². The van der Waals surface area contributed by atoms with Gasteiger partial charge in [-0.2, -0.15) is 0 Å². The van der Waals surface area contributed by atoms with E-state index >= 15 is 0 Å². The summed E-state index contributed by atoms with van der Waals surface area (Å²) in [6.45, 7) is 6.93. The van der Waals surface area contributed by atoms with Gasteiger partial charge in [-0.3, -0.25) is 34.6 Å². The number of benzene rings is 2. The van der Waals surface area contributed by atoms with Gasteiger partial charge in [0.2, 0.25) is 0 Å². The van der Waals surface area contributed by atoms with Crippen molar-refractivity contribution in [1.29, 1.82) is 0 Å². The number of carbonyl (C=O) groups excluding carboxylic acids is 3. The Hall–Kier alpha value is -4.35. The third-order valence-electron chi connectivity index (χ3n) is 14.0. The van der Waals surface area contributed by atoms with E-state index in [9.17, 15) is 34.6 Å². The predicted molar refractivity (Wildman–Crippen MR) is 194 cm³/mol. The van der Waals surface area contributed by atoms with Crippen molar-refractivity contribution in [3.8, 4) is 0 Å². The van der Waals surface area contributed by atoms with E-state index in [0.717, 1.165) is 51.4 Å². The summed E-state index contributed by atoms with van der Waals surface area (Å²) < 4.78 is 17.5. The third kappa shape index (κ3) is 7.82. The molecule has 0 radical (unpaired) electrons. The Labute approximate surface area is 310 Å². The molecule has 0 bridgehead atoms. The second-order valence-electron chi connectivity index (χ2n) is 16.6. The summed E-state index contributed by atoms with van der Waals surface area (Å²) in [5, 5.41) is 22.2. The average Bonchev–Trinajstić information content (AvgIpc) is 3.49. The number of nitrogens with zero attached hydrogens (tertiary/aromatic N) is 2. The van der Waals surface area contributed by atoms with Gasteiger partial charge in [-0.05, 0) is 110 Å². The van der Waals surface area contributed by atoms with Gasteiger partial charge in [-0.15, -0.1) is 0 Å². The number of rotatable bonds is 12. The van der Waals surface area contributed by atoms with Crippen molar-refractivity contribution in [2.24, 2.45) is 46.3 Å². The maximum Gasteiger partial charge on any atom is 0.310 e. The second-order valence-corrected chi connectivity index (χ2v) is 16.6. The van der Waals surface area contributed by atoms with Gasteiger partial charge in [-0.1, -0.05) is 45.0 Å². The fraction of sp³-hybridized carbons (Fsp3) is 0.634. The van der Waals surface area contributed by atoms with E-state index in [2.05, 4.69) is 20.8 Å². The number of carbonyl (C=O) groups is 3. The summed E-state index contributed by atoms with van der Waals surface area (Å²) >= 11 is 0. The molecule has 2 aromatic carbocycles. The van der Waals surface area contributed by atoms with Crippen LogP contribution in [0.1, 0.15) is 96.1 Å². The van der Waals surface area contributed by atoms with Crippen LogP contribution in [0.4, 0.5) is 11.4 Å². The van der Waals surface area contributed by atoms with Gasteiger partial charge in [0.15, 0.2) is 0 Å². The van der Waals surface area contributed by atoms with Crippen LogP contribution >= 0.6 is 0 Å². The summed E-state index contributed by atoms with van der Waals surface area (Å²) in [7, 11) is 1.41. The van der Waals surface area contributed by atoms with Crippen LogP contribution in [0.15, 0.2) is 48.5 Å². The van der Waals surface area contributed by atoms with E-state index in [1.165, 1.54) is 31.4 Å². The largest absolute Gasteiger partial charge is 0.469 e. The molecular weight excluding hydrogens is 680 g/mol. The molecule has 0 saturated heterocycles. The molecule has 6 rings (SSSR count). The Balaban J connectivity index is 1.18. The quantitative estimate of drug-likeness (QED) is 0.0904. The Bertz CT molecular complexity index is 1700. The molecule has 4 saturated carbocycles. The van der Waals surface area contributed by atoms with E-state index < -0.39 is 9.85 Å². The van der Waals surface area contributed by atoms with Crippen molar-refractivity contribution in [2.45, 2.75) is 110 Å². The first-order chi connectivity index (χ1) is 25.2. The number of hydrogen-bond donors (Lipinski definition) is 0. The molecule has 0 aromatic heterocycles. The second kappa shape index (κ2) is 15.6. The summed E-state index contributed by atoms with van der Waals surface area (Å²) in [4.78, 5) is 60.1. The molecule has 0 unspecified atom stereocenters. The number of fused-ring (bicyclic) bond motifs is 5. The fourth-order valence-corrected chi connectivity index (χ4v) is 11.3. The number of nitro benzene ring substituents is 2. The van der Waals surface area contributed by atoms with E-state index in [1.54, 1.807) is 24.3 Å². The first-order valence-corrected chi connectivity index (χ1v) is 19.1. The normalized spacial score (nSPS) is 32.3. The highest BCUT2D eigenvalue weighted by Crippen LogP contribution is 2.69. The van der Waals surface area contributed by atoms with Gasteiger partial charge in [0.25, 0.3) is 11.4 Å². The number of methoxy groups -OCH3 is 1. The predicted octanol–water partition coefficient (Wildman–Crippen LogP) is 7.97. The number of ether oxygens (including phenoxy) is 3. The Morgan fingerprint density at radius 2 is 1.36 bits per heavy atom. The standard InChI is InChI=1S/C41H52N2O10/c1-25(5-18-37(44)51-4)33-16-17-34-32-15-10-28-23-31(52-38(45)21-26-6-11-29(12-7-26)42(47)48)19-20-40(28,2)35(32)24-36(41(33,34)3)53-39(46)22-27-8-13-30(14-9-27)43(49)50/h6-9,11-14,25,28,31-36H,5,10,15-24H2,1-4H3/t25-,28-,31-,32+,33-,34+,35+,36+,40+,41-/m1/s1. The van der Waals surface area contributed by atoms with Crippen molar-refractivity contribution in [1.82, 2.24) is 0 Å². The highest BCUT2D eigenvalue weighted by Gasteiger charge is 2.65. The minimum atomic E-state index is -0.462. The number of nitro groups is 2. The number of hydrogen-bond acceptors (Lipinski definition) is 10. The smallest absolute Gasteiger partial charge is 0.310 e. The first kappa shape index (κ1) is 38.4. The molecule has 2 aromatic rings. The van der Waals surface area contributed by atoms with Gasteiger partial charge in [0.05, 0.1) is 29.8 Å². The molecule has 0 aliphatic heterocycles. The molecule has 0 N–H and O–H groups in total. The third-order valence-corrected chi connectivity index (χ3v) is 14.0. The Kier molecular flexibility index (Phi) is 11.3. The van der Waals surface area contributed by atoms with Crippen LogP contribution < -0.4 is 0 Å². The van der Waals surface area contributed by atoms with Crippen LogP contribution in [0.5, 0.6) is 0 Å². The zero-order valence-corrected chi connectivity index (χ0v) is 31.2. The van der Waals surface area contributed by atoms with Crippen LogP contribution in [0, 0.1) is 66.6 Å². The number of esters is 3. The lowest BCUT2D eigenvalue weighted by Gasteiger charge is -2.62. The van der Waals surface area contributed by atoms with Crippen molar-refractivity contribution < 1.29 is 38.4 Å². The highest BCUT2D eigenvalue weighted by atomic mass is 16.6. The molecule has 0 heterocycles. The number of non-ortho nitro benzene ring substituents is 2. The van der Waals surface area contributed by atoms with E-state index in [-0.39, 0.29) is 77.0 Å². The van der Waals surface area contributed by atoms with E-state index in [4.69, 9.17) is 14.2 Å². The minimum Gasteiger partial charge on any atom is -0.469 e. The van der Waals surface area contributed by atoms with E-state index in [0.29, 0.717) is 47.6 Å². The lowest BCUT2D eigenvalue weighted by atomic mass is 9.43. The van der Waals surface area contributed by atoms with Crippen LogP contribution in [0.2, 0.25) is 0 Å². The van der Waals surface area contributed by atoms with Crippen molar-refractivity contribution >= 4 is 29.3 Å². The summed E-state index contributed by atoms with van der Waals surface area (Å²) in [5.41, 5.74) is 1.01. The molecule has 4 fully saturated rings. The molecule has 286 valence electrons. The van der Waals surface area contributed by atoms with Gasteiger partial charge in [-0.25, -0.2) is 0 Å². The molecule has 4 aliphatic carbocycles. The van der Waals surface area contributed by atoms with Crippen molar-refractivity contribution in [3.05, 3.63) is 79.9 Å². The maximum atomic E-state index is 13.7. The van der Waals surface area contributed by atoms with Crippen LogP contribution in [-0.2, 0) is 41.4 Å². The monoisotopic (exact) mass is 732 g/mol. The summed E-state index contributed by atoms with van der Waals surface area (Å²) in [6, 6.07) is 12.0. The van der Waals surface area contributed by atoms with Crippen LogP contribution in [-0.4, -0.2) is 47.1 Å². The zero-order valence-electron chi connectivity index (χ0n) is 31.2. The lowest BCUT2D eigenvalue weighted by molar-refractivity contribution is -0.385. The Morgan fingerprint density at radius 3 is 1.92 bits per heavy atom. The lowest BCUT2D eigenvalue weighted by Crippen LogP contribution is -2.59. The molecule has 53 heavy (non-hydrogen) atoms.